The van der Waals surface area contributed by atoms with Crippen LogP contribution in [0.25, 0.3) is 0 Å². The van der Waals surface area contributed by atoms with Crippen LogP contribution in [0.15, 0.2) is 48.6 Å². The summed E-state index contributed by atoms with van der Waals surface area (Å²) in [5, 5.41) is 18.7. The summed E-state index contributed by atoms with van der Waals surface area (Å²) in [5.74, 6) is 0.0817. The molecule has 0 rings (SSSR count). The van der Waals surface area contributed by atoms with E-state index in [0.29, 0.717) is 12.8 Å². The summed E-state index contributed by atoms with van der Waals surface area (Å²) in [4.78, 5) is 24.0. The standard InChI is InChI=1S/C35H60O6/c1-31(2)25-21-17-15-16-19-23-27-34(38)40-30-33(29-36)41-35(39)28-24-20-14-12-10-8-6-4-5-7-9-11-13-18-22-26-32(3)37/h5-8,11-14,31-33,36-37H,4,9-10,15-30H2,1-3H3/b7-5-,8-6-,13-11-,14-12-/t32-,33-/m0/s1. The third-order valence-corrected chi connectivity index (χ3v) is 6.57. The van der Waals surface area contributed by atoms with Gasteiger partial charge in [0.15, 0.2) is 6.10 Å². The molecule has 0 amide bonds. The second kappa shape index (κ2) is 29.3. The van der Waals surface area contributed by atoms with Crippen molar-refractivity contribution in [2.24, 2.45) is 5.92 Å². The Morgan fingerprint density at radius 3 is 1.71 bits per heavy atom. The Hall–Kier alpha value is -2.18. The SMILES string of the molecule is CC(C)CCCCCCCCC(=O)OC[C@H](CO)OC(=O)CCC/C=C\C/C=C\C/C=C\C/C=C\CCC[C@H](C)O. The average Bonchev–Trinajstić information content (AvgIpc) is 2.93. The summed E-state index contributed by atoms with van der Waals surface area (Å²) in [5.41, 5.74) is 0. The zero-order chi connectivity index (χ0) is 30.4. The Bertz CT molecular complexity index is 735. The molecule has 2 atom stereocenters. The normalized spacial score (nSPS) is 13.7. The highest BCUT2D eigenvalue weighted by molar-refractivity contribution is 5.70. The number of allylic oxidation sites excluding steroid dienone is 8. The smallest absolute Gasteiger partial charge is 0.306 e. The number of rotatable bonds is 27. The molecule has 0 aliphatic rings. The van der Waals surface area contributed by atoms with Gasteiger partial charge < -0.3 is 19.7 Å². The predicted molar refractivity (Wildman–Crippen MR) is 169 cm³/mol. The van der Waals surface area contributed by atoms with Crippen LogP contribution in [0.4, 0.5) is 0 Å². The molecule has 0 unspecified atom stereocenters. The third kappa shape index (κ3) is 30.6. The van der Waals surface area contributed by atoms with Gasteiger partial charge >= 0.3 is 11.9 Å². The maximum Gasteiger partial charge on any atom is 0.306 e. The fraction of sp³-hybridized carbons (Fsp3) is 0.714. The van der Waals surface area contributed by atoms with E-state index in [1.165, 1.54) is 25.7 Å². The van der Waals surface area contributed by atoms with Crippen LogP contribution in [0.2, 0.25) is 0 Å². The number of ether oxygens (including phenoxy) is 2. The topological polar surface area (TPSA) is 93.1 Å². The van der Waals surface area contributed by atoms with Gasteiger partial charge in [0.2, 0.25) is 0 Å². The van der Waals surface area contributed by atoms with E-state index in [-0.39, 0.29) is 37.7 Å². The summed E-state index contributed by atoms with van der Waals surface area (Å²) >= 11 is 0. The van der Waals surface area contributed by atoms with Crippen molar-refractivity contribution in [1.82, 2.24) is 0 Å². The molecule has 0 fully saturated rings. The molecule has 0 aliphatic carbocycles. The molecular weight excluding hydrogens is 516 g/mol. The van der Waals surface area contributed by atoms with Crippen molar-refractivity contribution < 1.29 is 29.3 Å². The molecular formula is C35H60O6. The van der Waals surface area contributed by atoms with E-state index in [0.717, 1.165) is 70.1 Å². The van der Waals surface area contributed by atoms with Crippen molar-refractivity contribution >= 4 is 11.9 Å². The van der Waals surface area contributed by atoms with E-state index in [1.807, 2.05) is 6.92 Å². The van der Waals surface area contributed by atoms with Gasteiger partial charge in [-0.15, -0.1) is 0 Å². The van der Waals surface area contributed by atoms with Gasteiger partial charge in [0.1, 0.15) is 6.61 Å². The van der Waals surface area contributed by atoms with E-state index in [4.69, 9.17) is 9.47 Å². The monoisotopic (exact) mass is 576 g/mol. The predicted octanol–water partition coefficient (Wildman–Crippen LogP) is 8.33. The Morgan fingerprint density at radius 2 is 1.15 bits per heavy atom. The fourth-order valence-corrected chi connectivity index (χ4v) is 4.10. The van der Waals surface area contributed by atoms with E-state index in [1.54, 1.807) is 0 Å². The number of aliphatic hydroxyl groups excluding tert-OH is 2. The lowest BCUT2D eigenvalue weighted by Gasteiger charge is -2.15. The first kappa shape index (κ1) is 38.8. The zero-order valence-corrected chi connectivity index (χ0v) is 26.3. The average molecular weight is 577 g/mol. The van der Waals surface area contributed by atoms with Crippen molar-refractivity contribution in [1.29, 1.82) is 0 Å². The highest BCUT2D eigenvalue weighted by atomic mass is 16.6. The molecule has 0 aromatic carbocycles. The molecule has 0 bridgehead atoms. The van der Waals surface area contributed by atoms with Gasteiger partial charge in [0.25, 0.3) is 0 Å². The largest absolute Gasteiger partial charge is 0.462 e. The van der Waals surface area contributed by atoms with E-state index < -0.39 is 6.10 Å². The van der Waals surface area contributed by atoms with E-state index in [2.05, 4.69) is 62.5 Å². The molecule has 0 aromatic heterocycles. The van der Waals surface area contributed by atoms with Crippen molar-refractivity contribution in [2.45, 2.75) is 142 Å². The van der Waals surface area contributed by atoms with Gasteiger partial charge in [-0.05, 0) is 70.6 Å². The van der Waals surface area contributed by atoms with Crippen LogP contribution in [0.3, 0.4) is 0 Å². The summed E-state index contributed by atoms with van der Waals surface area (Å²) < 4.78 is 10.5. The van der Waals surface area contributed by atoms with Crippen LogP contribution in [0.5, 0.6) is 0 Å². The molecule has 0 radical (unpaired) electrons. The van der Waals surface area contributed by atoms with Gasteiger partial charge in [-0.25, -0.2) is 0 Å². The van der Waals surface area contributed by atoms with Crippen LogP contribution in [-0.2, 0) is 19.1 Å². The van der Waals surface area contributed by atoms with Crippen LogP contribution in [-0.4, -0.2) is 47.6 Å². The molecule has 2 N–H and O–H groups in total. The molecule has 0 aliphatic heterocycles. The molecule has 0 aromatic rings. The molecule has 41 heavy (non-hydrogen) atoms. The highest BCUT2D eigenvalue weighted by Crippen LogP contribution is 2.12. The van der Waals surface area contributed by atoms with Gasteiger partial charge in [-0.1, -0.05) is 101 Å². The molecule has 236 valence electrons. The minimum atomic E-state index is -0.807. The Morgan fingerprint density at radius 1 is 0.634 bits per heavy atom. The summed E-state index contributed by atoms with van der Waals surface area (Å²) in [7, 11) is 0. The van der Waals surface area contributed by atoms with Gasteiger partial charge in [0, 0.05) is 12.8 Å². The first-order chi connectivity index (χ1) is 19.8. The molecule has 6 nitrogen and oxygen atoms in total. The van der Waals surface area contributed by atoms with E-state index in [9.17, 15) is 19.8 Å². The maximum absolute atomic E-state index is 12.1. The molecule has 0 spiro atoms. The van der Waals surface area contributed by atoms with Crippen LogP contribution < -0.4 is 0 Å². The minimum Gasteiger partial charge on any atom is -0.462 e. The van der Waals surface area contributed by atoms with Crippen molar-refractivity contribution in [3.8, 4) is 0 Å². The first-order valence-corrected chi connectivity index (χ1v) is 16.1. The molecule has 0 saturated heterocycles. The summed E-state index contributed by atoms with van der Waals surface area (Å²) in [6.45, 7) is 5.87. The number of hydrogen-bond donors (Lipinski definition) is 2. The Balaban J connectivity index is 3.75. The molecule has 6 heteroatoms. The molecule has 0 heterocycles. The Kier molecular flexibility index (Phi) is 27.8. The van der Waals surface area contributed by atoms with Gasteiger partial charge in [-0.2, -0.15) is 0 Å². The number of unbranched alkanes of at least 4 members (excludes halogenated alkanes) is 7. The van der Waals surface area contributed by atoms with Crippen molar-refractivity contribution in [3.05, 3.63) is 48.6 Å². The van der Waals surface area contributed by atoms with Gasteiger partial charge in [0.05, 0.1) is 12.7 Å². The van der Waals surface area contributed by atoms with Crippen molar-refractivity contribution in [3.63, 3.8) is 0 Å². The van der Waals surface area contributed by atoms with Crippen LogP contribution >= 0.6 is 0 Å². The second-order valence-corrected chi connectivity index (χ2v) is 11.3. The fourth-order valence-electron chi connectivity index (χ4n) is 4.10. The first-order valence-electron chi connectivity index (χ1n) is 16.1. The number of carbonyl (C=O) groups excluding carboxylic acids is 2. The second-order valence-electron chi connectivity index (χ2n) is 11.3. The number of carbonyl (C=O) groups is 2. The van der Waals surface area contributed by atoms with Crippen molar-refractivity contribution in [2.75, 3.05) is 13.2 Å². The lowest BCUT2D eigenvalue weighted by Crippen LogP contribution is -2.28. The summed E-state index contributed by atoms with van der Waals surface area (Å²) in [6.07, 6.45) is 31.7. The lowest BCUT2D eigenvalue weighted by atomic mass is 10.0. The minimum absolute atomic E-state index is 0.0980. The Labute approximate surface area is 251 Å². The molecule has 0 saturated carbocycles. The zero-order valence-electron chi connectivity index (χ0n) is 26.3. The van der Waals surface area contributed by atoms with Gasteiger partial charge in [-0.3, -0.25) is 9.59 Å². The highest BCUT2D eigenvalue weighted by Gasteiger charge is 2.15. The third-order valence-electron chi connectivity index (χ3n) is 6.57. The lowest BCUT2D eigenvalue weighted by molar-refractivity contribution is -0.161. The number of hydrogen-bond acceptors (Lipinski definition) is 6. The summed E-state index contributed by atoms with van der Waals surface area (Å²) in [6, 6.07) is 0. The van der Waals surface area contributed by atoms with Crippen LogP contribution in [0, 0.1) is 5.92 Å². The quantitative estimate of drug-likeness (QED) is 0.0580. The number of aliphatic hydroxyl groups is 2. The maximum atomic E-state index is 12.1. The van der Waals surface area contributed by atoms with E-state index >= 15 is 0 Å². The van der Waals surface area contributed by atoms with Crippen LogP contribution in [0.1, 0.15) is 130 Å². The number of esters is 2.